The molecule has 0 heterocycles. The highest BCUT2D eigenvalue weighted by Gasteiger charge is 2.49. The van der Waals surface area contributed by atoms with Crippen LogP contribution in [0.1, 0.15) is 19.8 Å². The molecule has 0 amide bonds. The van der Waals surface area contributed by atoms with Gasteiger partial charge < -0.3 is 5.11 Å². The van der Waals surface area contributed by atoms with Crippen molar-refractivity contribution in [3.63, 3.8) is 0 Å². The minimum atomic E-state index is -2.83. The molecule has 54 valence electrons. The van der Waals surface area contributed by atoms with Crippen molar-refractivity contribution in [1.82, 2.24) is 0 Å². The Kier molecular flexibility index (Phi) is 1.47. The predicted molar refractivity (Wildman–Crippen MR) is 29.4 cm³/mol. The van der Waals surface area contributed by atoms with Crippen LogP contribution in [0.15, 0.2) is 0 Å². The monoisotopic (exact) mass is 136 g/mol. The van der Waals surface area contributed by atoms with Crippen LogP contribution in [0.3, 0.4) is 0 Å². The van der Waals surface area contributed by atoms with Crippen molar-refractivity contribution >= 4 is 0 Å². The summed E-state index contributed by atoms with van der Waals surface area (Å²) in [4.78, 5) is 0. The van der Waals surface area contributed by atoms with Crippen LogP contribution in [-0.4, -0.2) is 17.1 Å². The second kappa shape index (κ2) is 1.90. The van der Waals surface area contributed by atoms with Gasteiger partial charge in [-0.3, -0.25) is 0 Å². The minimum absolute atomic E-state index is 0.544. The largest absolute Gasteiger partial charge is 0.387 e. The van der Waals surface area contributed by atoms with Crippen molar-refractivity contribution < 1.29 is 13.9 Å². The molecule has 1 nitrogen and oxygen atoms in total. The molecule has 1 aliphatic rings. The van der Waals surface area contributed by atoms with Crippen molar-refractivity contribution in [2.75, 3.05) is 0 Å². The first-order valence-corrected chi connectivity index (χ1v) is 3.11. The Labute approximate surface area is 52.7 Å². The van der Waals surface area contributed by atoms with Gasteiger partial charge in [-0.2, -0.15) is 0 Å². The van der Waals surface area contributed by atoms with Gasteiger partial charge in [0, 0.05) is 5.92 Å². The van der Waals surface area contributed by atoms with Crippen molar-refractivity contribution in [2.45, 2.75) is 31.8 Å². The first kappa shape index (κ1) is 6.93. The fraction of sp³-hybridized carbons (Fsp3) is 1.00. The number of alkyl halides is 2. The fourth-order valence-corrected chi connectivity index (χ4v) is 0.809. The van der Waals surface area contributed by atoms with Crippen LogP contribution in [0.25, 0.3) is 0 Å². The van der Waals surface area contributed by atoms with Crippen molar-refractivity contribution in [3.8, 4) is 0 Å². The molecule has 1 aliphatic carbocycles. The maximum absolute atomic E-state index is 12.5. The van der Waals surface area contributed by atoms with Crippen LogP contribution >= 0.6 is 0 Å². The van der Waals surface area contributed by atoms with E-state index < -0.39 is 17.9 Å². The molecule has 1 fully saturated rings. The van der Waals surface area contributed by atoms with Gasteiger partial charge in [0.25, 0.3) is 5.92 Å². The highest BCUT2D eigenvalue weighted by atomic mass is 19.3. The van der Waals surface area contributed by atoms with Crippen molar-refractivity contribution in [3.05, 3.63) is 0 Å². The molecule has 0 radical (unpaired) electrons. The molecule has 0 saturated heterocycles. The molecular formula is C6H10F2O. The number of aliphatic hydroxyl groups excluding tert-OH is 1. The van der Waals surface area contributed by atoms with Gasteiger partial charge in [-0.15, -0.1) is 0 Å². The number of aliphatic hydroxyl groups is 1. The lowest BCUT2D eigenvalue weighted by Crippen LogP contribution is -2.32. The lowest BCUT2D eigenvalue weighted by Gasteiger charge is -2.17. The van der Waals surface area contributed by atoms with Gasteiger partial charge in [-0.1, -0.05) is 0 Å². The van der Waals surface area contributed by atoms with E-state index in [1.54, 1.807) is 0 Å². The number of rotatable bonds is 2. The highest BCUT2D eigenvalue weighted by Crippen LogP contribution is 2.44. The Hall–Kier alpha value is -0.180. The van der Waals surface area contributed by atoms with Gasteiger partial charge in [-0.25, -0.2) is 8.78 Å². The quantitative estimate of drug-likeness (QED) is 0.608. The van der Waals surface area contributed by atoms with E-state index >= 15 is 0 Å². The molecule has 1 rings (SSSR count). The van der Waals surface area contributed by atoms with Gasteiger partial charge in [0.1, 0.15) is 6.10 Å². The predicted octanol–water partition coefficient (Wildman–Crippen LogP) is 1.41. The Balaban J connectivity index is 2.48. The van der Waals surface area contributed by atoms with Crippen molar-refractivity contribution in [1.29, 1.82) is 0 Å². The summed E-state index contributed by atoms with van der Waals surface area (Å²) in [6.07, 6.45) is -0.347. The molecule has 1 atom stereocenters. The lowest BCUT2D eigenvalue weighted by molar-refractivity contribution is -0.115. The molecule has 3 heteroatoms. The van der Waals surface area contributed by atoms with E-state index in [9.17, 15) is 8.78 Å². The van der Waals surface area contributed by atoms with Crippen LogP contribution in [0, 0.1) is 5.92 Å². The van der Waals surface area contributed by atoms with E-state index in [4.69, 9.17) is 5.11 Å². The van der Waals surface area contributed by atoms with Gasteiger partial charge >= 0.3 is 0 Å². The van der Waals surface area contributed by atoms with Gasteiger partial charge in [-0.05, 0) is 19.8 Å². The van der Waals surface area contributed by atoms with Crippen LogP contribution < -0.4 is 0 Å². The van der Waals surface area contributed by atoms with E-state index in [2.05, 4.69) is 0 Å². The summed E-state index contributed by atoms with van der Waals surface area (Å²) in [6.45, 7) is 1.14. The van der Waals surface area contributed by atoms with Crippen LogP contribution in [0.4, 0.5) is 8.78 Å². The summed E-state index contributed by atoms with van der Waals surface area (Å²) in [5.41, 5.74) is 0. The Morgan fingerprint density at radius 3 is 2.11 bits per heavy atom. The first-order chi connectivity index (χ1) is 4.05. The number of hydrogen-bond acceptors (Lipinski definition) is 1. The zero-order chi connectivity index (χ0) is 7.07. The van der Waals surface area contributed by atoms with Gasteiger partial charge in [0.2, 0.25) is 0 Å². The normalized spacial score (nSPS) is 24.0. The molecule has 1 N–H and O–H groups in total. The first-order valence-electron chi connectivity index (χ1n) is 3.11. The fourth-order valence-electron chi connectivity index (χ4n) is 0.809. The lowest BCUT2D eigenvalue weighted by atomic mass is 10.1. The summed E-state index contributed by atoms with van der Waals surface area (Å²) in [6, 6.07) is 0. The third-order valence-corrected chi connectivity index (χ3v) is 1.68. The van der Waals surface area contributed by atoms with Gasteiger partial charge in [0.15, 0.2) is 0 Å². The van der Waals surface area contributed by atoms with Crippen LogP contribution in [0.5, 0.6) is 0 Å². The zero-order valence-corrected chi connectivity index (χ0v) is 5.27. The van der Waals surface area contributed by atoms with E-state index in [0.29, 0.717) is 12.8 Å². The SMILES string of the molecule is CC(O)C(F)(F)C1CC1. The maximum atomic E-state index is 12.5. The summed E-state index contributed by atoms with van der Waals surface area (Å²) >= 11 is 0. The molecular weight excluding hydrogens is 126 g/mol. The van der Waals surface area contributed by atoms with E-state index in [-0.39, 0.29) is 0 Å². The van der Waals surface area contributed by atoms with Crippen molar-refractivity contribution in [2.24, 2.45) is 5.92 Å². The third-order valence-electron chi connectivity index (χ3n) is 1.68. The Bertz CT molecular complexity index is 104. The summed E-state index contributed by atoms with van der Waals surface area (Å²) in [5, 5.41) is 8.54. The topological polar surface area (TPSA) is 20.2 Å². The average Bonchev–Trinajstić information content (AvgIpc) is 2.42. The van der Waals surface area contributed by atoms with E-state index in [0.717, 1.165) is 6.92 Å². The zero-order valence-electron chi connectivity index (χ0n) is 5.27. The van der Waals surface area contributed by atoms with Crippen LogP contribution in [0.2, 0.25) is 0 Å². The molecule has 0 bridgehead atoms. The molecule has 1 unspecified atom stereocenters. The van der Waals surface area contributed by atoms with E-state index in [1.807, 2.05) is 0 Å². The smallest absolute Gasteiger partial charge is 0.275 e. The number of halogens is 2. The average molecular weight is 136 g/mol. The molecule has 0 spiro atoms. The molecule has 0 aromatic heterocycles. The summed E-state index contributed by atoms with van der Waals surface area (Å²) < 4.78 is 25.0. The van der Waals surface area contributed by atoms with Crippen LogP contribution in [-0.2, 0) is 0 Å². The highest BCUT2D eigenvalue weighted by molar-refractivity contribution is 4.90. The molecule has 0 aromatic rings. The van der Waals surface area contributed by atoms with E-state index in [1.165, 1.54) is 0 Å². The standard InChI is InChI=1S/C6H10F2O/c1-4(9)6(7,8)5-2-3-5/h4-5,9H,2-3H2,1H3. The van der Waals surface area contributed by atoms with Gasteiger partial charge in [0.05, 0.1) is 0 Å². The summed E-state index contributed by atoms with van der Waals surface area (Å²) in [7, 11) is 0. The Morgan fingerprint density at radius 2 is 2.00 bits per heavy atom. The third kappa shape index (κ3) is 1.21. The molecule has 9 heavy (non-hydrogen) atoms. The second-order valence-electron chi connectivity index (χ2n) is 2.62. The molecule has 1 saturated carbocycles. The molecule has 0 aromatic carbocycles. The maximum Gasteiger partial charge on any atom is 0.275 e. The minimum Gasteiger partial charge on any atom is -0.387 e. The number of hydrogen-bond donors (Lipinski definition) is 1. The summed E-state index contributed by atoms with van der Waals surface area (Å²) in [5.74, 6) is -3.38. The second-order valence-corrected chi connectivity index (χ2v) is 2.62. The Morgan fingerprint density at radius 1 is 1.56 bits per heavy atom. The molecule has 0 aliphatic heterocycles.